The van der Waals surface area contributed by atoms with Crippen LogP contribution in [0.1, 0.15) is 54.9 Å². The lowest BCUT2D eigenvalue weighted by Crippen LogP contribution is -2.47. The van der Waals surface area contributed by atoms with Gasteiger partial charge in [0.2, 0.25) is 0 Å². The molecule has 0 aromatic carbocycles. The molecule has 2 N–H and O–H groups in total. The molecule has 1 aliphatic carbocycles. The van der Waals surface area contributed by atoms with Crippen LogP contribution in [-0.4, -0.2) is 55.6 Å². The third-order valence-corrected chi connectivity index (χ3v) is 5.87. The van der Waals surface area contributed by atoms with E-state index in [2.05, 4.69) is 16.6 Å². The number of aliphatic hydroxyl groups is 1. The minimum absolute atomic E-state index is 0.202. The first-order chi connectivity index (χ1) is 11.8. The van der Waals surface area contributed by atoms with Gasteiger partial charge in [0.15, 0.2) is 5.69 Å². The molecule has 0 amide bonds. The first-order valence-corrected chi connectivity index (χ1v) is 9.20. The van der Waals surface area contributed by atoms with Crippen LogP contribution in [0.4, 0.5) is 0 Å². The molecule has 1 saturated heterocycles. The number of carbonyl (C=O) groups is 1. The monoisotopic (exact) mass is 347 g/mol. The highest BCUT2D eigenvalue weighted by Crippen LogP contribution is 2.33. The Morgan fingerprint density at radius 1 is 1.36 bits per heavy atom. The third-order valence-electron chi connectivity index (χ3n) is 5.87. The lowest BCUT2D eigenvalue weighted by molar-refractivity contribution is -0.0198. The predicted molar refractivity (Wildman–Crippen MR) is 95.8 cm³/mol. The average Bonchev–Trinajstić information content (AvgIpc) is 2.93. The van der Waals surface area contributed by atoms with E-state index < -0.39 is 11.6 Å². The Hall–Kier alpha value is -1.66. The molecule has 0 saturated carbocycles. The van der Waals surface area contributed by atoms with Gasteiger partial charge in [-0.15, -0.1) is 6.58 Å². The standard InChI is InChI=1S/C19H29N3O3/c1-4-9-22-16-6-5-14(12-15(16)17(20-22)18(23)24)21-10-7-13(8-11-21)19(2,3)25/h4,13-14,25H,1,5-12H2,2-3H3,(H,23,24)/t14-/m1/s1. The third kappa shape index (κ3) is 3.65. The second-order valence-electron chi connectivity index (χ2n) is 7.91. The molecule has 0 bridgehead atoms. The number of fused-ring (bicyclic) bond motifs is 1. The molecular weight excluding hydrogens is 318 g/mol. The number of allylic oxidation sites excluding steroid dienone is 1. The fraction of sp³-hybridized carbons (Fsp3) is 0.684. The summed E-state index contributed by atoms with van der Waals surface area (Å²) in [6.45, 7) is 10.0. The zero-order valence-corrected chi connectivity index (χ0v) is 15.2. The van der Waals surface area contributed by atoms with Crippen LogP contribution >= 0.6 is 0 Å². The van der Waals surface area contributed by atoms with Crippen LogP contribution in [0.15, 0.2) is 12.7 Å². The van der Waals surface area contributed by atoms with Gasteiger partial charge in [0.05, 0.1) is 12.1 Å². The summed E-state index contributed by atoms with van der Waals surface area (Å²) in [6.07, 6.45) is 6.39. The number of carboxylic acids is 1. The molecule has 2 heterocycles. The van der Waals surface area contributed by atoms with Crippen LogP contribution in [0.2, 0.25) is 0 Å². The summed E-state index contributed by atoms with van der Waals surface area (Å²) in [5, 5.41) is 24.0. The van der Waals surface area contributed by atoms with E-state index in [4.69, 9.17) is 0 Å². The summed E-state index contributed by atoms with van der Waals surface area (Å²) in [5.41, 5.74) is 1.54. The summed E-state index contributed by atoms with van der Waals surface area (Å²) in [4.78, 5) is 14.1. The fourth-order valence-corrected chi connectivity index (χ4v) is 4.40. The maximum absolute atomic E-state index is 11.6. The van der Waals surface area contributed by atoms with Crippen molar-refractivity contribution in [1.82, 2.24) is 14.7 Å². The largest absolute Gasteiger partial charge is 0.476 e. The van der Waals surface area contributed by atoms with E-state index >= 15 is 0 Å². The van der Waals surface area contributed by atoms with Crippen molar-refractivity contribution in [2.45, 2.75) is 64.1 Å². The maximum Gasteiger partial charge on any atom is 0.356 e. The van der Waals surface area contributed by atoms with E-state index in [1.54, 1.807) is 10.8 Å². The Morgan fingerprint density at radius 2 is 2.04 bits per heavy atom. The van der Waals surface area contributed by atoms with Crippen LogP contribution in [0.25, 0.3) is 0 Å². The van der Waals surface area contributed by atoms with Crippen molar-refractivity contribution in [3.63, 3.8) is 0 Å². The topological polar surface area (TPSA) is 78.6 Å². The summed E-state index contributed by atoms with van der Waals surface area (Å²) >= 11 is 0. The normalized spacial score (nSPS) is 22.6. The van der Waals surface area contributed by atoms with Gasteiger partial charge in [-0.1, -0.05) is 6.08 Å². The van der Waals surface area contributed by atoms with Crippen LogP contribution in [0.3, 0.4) is 0 Å². The number of aromatic carboxylic acids is 1. The Kier molecular flexibility index (Phi) is 5.02. The SMILES string of the molecule is C=CCn1nc(C(=O)O)c2c1CC[C@@H](N1CCC(C(C)(C)O)CC1)C2. The van der Waals surface area contributed by atoms with Gasteiger partial charge < -0.3 is 15.1 Å². The molecule has 1 atom stereocenters. The van der Waals surface area contributed by atoms with Crippen LogP contribution in [0, 0.1) is 5.92 Å². The number of likely N-dealkylation sites (tertiary alicyclic amines) is 1. The molecule has 0 unspecified atom stereocenters. The lowest BCUT2D eigenvalue weighted by Gasteiger charge is -2.42. The van der Waals surface area contributed by atoms with Crippen LogP contribution in [0.5, 0.6) is 0 Å². The Balaban J connectivity index is 1.73. The van der Waals surface area contributed by atoms with E-state index in [1.807, 2.05) is 13.8 Å². The number of aromatic nitrogens is 2. The van der Waals surface area contributed by atoms with E-state index in [0.717, 1.165) is 56.5 Å². The predicted octanol–water partition coefficient (Wildman–Crippen LogP) is 2.11. The highest BCUT2D eigenvalue weighted by atomic mass is 16.4. The smallest absolute Gasteiger partial charge is 0.356 e. The second kappa shape index (κ2) is 6.92. The summed E-state index contributed by atoms with van der Waals surface area (Å²) < 4.78 is 1.79. The molecule has 1 aromatic heterocycles. The Morgan fingerprint density at radius 3 is 2.60 bits per heavy atom. The number of nitrogens with zero attached hydrogens (tertiary/aromatic N) is 3. The van der Waals surface area contributed by atoms with Crippen molar-refractivity contribution in [3.8, 4) is 0 Å². The molecule has 6 heteroatoms. The molecular formula is C19H29N3O3. The maximum atomic E-state index is 11.6. The van der Waals surface area contributed by atoms with E-state index in [-0.39, 0.29) is 5.69 Å². The van der Waals surface area contributed by atoms with Crippen LogP contribution in [-0.2, 0) is 19.4 Å². The minimum Gasteiger partial charge on any atom is -0.476 e. The number of piperidine rings is 1. The van der Waals surface area contributed by atoms with Gasteiger partial charge in [-0.05, 0) is 65.0 Å². The van der Waals surface area contributed by atoms with Gasteiger partial charge in [0.25, 0.3) is 0 Å². The molecule has 1 aliphatic heterocycles. The fourth-order valence-electron chi connectivity index (χ4n) is 4.40. The average molecular weight is 347 g/mol. The molecule has 25 heavy (non-hydrogen) atoms. The molecule has 2 aliphatic rings. The molecule has 1 aromatic rings. The van der Waals surface area contributed by atoms with E-state index in [1.165, 1.54) is 0 Å². The number of hydrogen-bond donors (Lipinski definition) is 2. The highest BCUT2D eigenvalue weighted by Gasteiger charge is 2.35. The molecule has 0 radical (unpaired) electrons. The first kappa shape index (κ1) is 18.1. The molecule has 1 fully saturated rings. The van der Waals surface area contributed by atoms with Crippen molar-refractivity contribution in [2.24, 2.45) is 5.92 Å². The second-order valence-corrected chi connectivity index (χ2v) is 7.91. The van der Waals surface area contributed by atoms with Crippen molar-refractivity contribution in [3.05, 3.63) is 29.6 Å². The zero-order chi connectivity index (χ0) is 18.2. The molecule has 0 spiro atoms. The van der Waals surface area contributed by atoms with Crippen molar-refractivity contribution in [2.75, 3.05) is 13.1 Å². The minimum atomic E-state index is -0.944. The molecule has 6 nitrogen and oxygen atoms in total. The summed E-state index contributed by atoms with van der Waals surface area (Å²) in [5.74, 6) is -0.603. The van der Waals surface area contributed by atoms with Gasteiger partial charge in [0.1, 0.15) is 0 Å². The van der Waals surface area contributed by atoms with Gasteiger partial charge in [-0.2, -0.15) is 5.10 Å². The van der Waals surface area contributed by atoms with E-state index in [9.17, 15) is 15.0 Å². The lowest BCUT2D eigenvalue weighted by atomic mass is 9.81. The molecule has 3 rings (SSSR count). The molecule has 138 valence electrons. The quantitative estimate of drug-likeness (QED) is 0.798. The Bertz CT molecular complexity index is 652. The van der Waals surface area contributed by atoms with Gasteiger partial charge in [-0.3, -0.25) is 4.68 Å². The van der Waals surface area contributed by atoms with Crippen LogP contribution < -0.4 is 0 Å². The highest BCUT2D eigenvalue weighted by molar-refractivity contribution is 5.87. The summed E-state index contributed by atoms with van der Waals surface area (Å²) in [7, 11) is 0. The number of hydrogen-bond acceptors (Lipinski definition) is 4. The number of carboxylic acid groups (broad SMARTS) is 1. The van der Waals surface area contributed by atoms with Gasteiger partial charge in [0, 0.05) is 17.3 Å². The van der Waals surface area contributed by atoms with Gasteiger partial charge >= 0.3 is 5.97 Å². The van der Waals surface area contributed by atoms with Crippen molar-refractivity contribution >= 4 is 5.97 Å². The van der Waals surface area contributed by atoms with Gasteiger partial charge in [-0.25, -0.2) is 4.79 Å². The van der Waals surface area contributed by atoms with Crippen molar-refractivity contribution < 1.29 is 15.0 Å². The van der Waals surface area contributed by atoms with E-state index in [0.29, 0.717) is 18.5 Å². The Labute approximate surface area is 149 Å². The summed E-state index contributed by atoms with van der Waals surface area (Å²) in [6, 6.07) is 0.370. The van der Waals surface area contributed by atoms with Crippen molar-refractivity contribution in [1.29, 1.82) is 0 Å². The first-order valence-electron chi connectivity index (χ1n) is 9.20. The number of rotatable bonds is 5. The zero-order valence-electron chi connectivity index (χ0n) is 15.2.